The van der Waals surface area contributed by atoms with Gasteiger partial charge in [-0.3, -0.25) is 4.98 Å². The number of aromatic nitrogens is 1. The Morgan fingerprint density at radius 3 is 2.94 bits per heavy atom. The summed E-state index contributed by atoms with van der Waals surface area (Å²) in [5.74, 6) is 0. The fraction of sp³-hybridized carbons (Fsp3) is 0.462. The summed E-state index contributed by atoms with van der Waals surface area (Å²) in [6.45, 7) is 9.66. The van der Waals surface area contributed by atoms with Gasteiger partial charge in [0.1, 0.15) is 0 Å². The molecule has 0 amide bonds. The summed E-state index contributed by atoms with van der Waals surface area (Å²) in [6.07, 6.45) is 3.75. The van der Waals surface area contributed by atoms with Crippen molar-refractivity contribution in [1.29, 1.82) is 0 Å². The number of nitrogens with zero attached hydrogens (tertiary/aromatic N) is 2. The van der Waals surface area contributed by atoms with Gasteiger partial charge in [-0.2, -0.15) is 0 Å². The molecule has 0 radical (unpaired) electrons. The standard InChI is InChI=1S/C13H21N3/c1-5-8-16(4)13-6-7-14-12(9-13)10-15-11(2)3/h5-7,9,11,15H,1,8,10H2,2-4H3. The van der Waals surface area contributed by atoms with Crippen LogP contribution in [0.25, 0.3) is 0 Å². The quantitative estimate of drug-likeness (QED) is 0.743. The first-order valence-corrected chi connectivity index (χ1v) is 5.64. The SMILES string of the molecule is C=CCN(C)c1ccnc(CNC(C)C)c1. The van der Waals surface area contributed by atoms with Crippen molar-refractivity contribution < 1.29 is 0 Å². The zero-order valence-electron chi connectivity index (χ0n) is 10.4. The molecule has 0 aromatic carbocycles. The van der Waals surface area contributed by atoms with Gasteiger partial charge in [0.15, 0.2) is 0 Å². The maximum atomic E-state index is 4.34. The molecule has 0 aliphatic rings. The van der Waals surface area contributed by atoms with E-state index in [4.69, 9.17) is 0 Å². The lowest BCUT2D eigenvalue weighted by Gasteiger charge is -2.17. The number of hydrogen-bond donors (Lipinski definition) is 1. The van der Waals surface area contributed by atoms with Gasteiger partial charge in [-0.05, 0) is 12.1 Å². The smallest absolute Gasteiger partial charge is 0.0562 e. The molecular weight excluding hydrogens is 198 g/mol. The van der Waals surface area contributed by atoms with Gasteiger partial charge in [0.2, 0.25) is 0 Å². The summed E-state index contributed by atoms with van der Waals surface area (Å²) in [6, 6.07) is 4.61. The highest BCUT2D eigenvalue weighted by Gasteiger charge is 2.01. The number of hydrogen-bond acceptors (Lipinski definition) is 3. The summed E-state index contributed by atoms with van der Waals surface area (Å²) in [5, 5.41) is 3.36. The highest BCUT2D eigenvalue weighted by Crippen LogP contribution is 2.12. The monoisotopic (exact) mass is 219 g/mol. The number of anilines is 1. The summed E-state index contributed by atoms with van der Waals surface area (Å²) >= 11 is 0. The van der Waals surface area contributed by atoms with E-state index in [2.05, 4.69) is 48.7 Å². The molecule has 3 nitrogen and oxygen atoms in total. The third kappa shape index (κ3) is 4.03. The fourth-order valence-corrected chi connectivity index (χ4v) is 1.41. The van der Waals surface area contributed by atoms with E-state index in [0.29, 0.717) is 6.04 Å². The Balaban J connectivity index is 2.66. The molecule has 16 heavy (non-hydrogen) atoms. The number of nitrogens with one attached hydrogen (secondary N) is 1. The second-order valence-electron chi connectivity index (χ2n) is 4.21. The zero-order valence-corrected chi connectivity index (χ0v) is 10.4. The molecule has 1 heterocycles. The molecule has 0 bridgehead atoms. The van der Waals surface area contributed by atoms with E-state index in [9.17, 15) is 0 Å². The molecule has 88 valence electrons. The summed E-state index contributed by atoms with van der Waals surface area (Å²) in [5.41, 5.74) is 2.25. The van der Waals surface area contributed by atoms with E-state index in [1.54, 1.807) is 0 Å². The van der Waals surface area contributed by atoms with Crippen LogP contribution in [0.2, 0.25) is 0 Å². The predicted octanol–water partition coefficient (Wildman–Crippen LogP) is 2.20. The molecule has 3 heteroatoms. The number of rotatable bonds is 6. The molecule has 0 atom stereocenters. The van der Waals surface area contributed by atoms with Crippen LogP contribution < -0.4 is 10.2 Å². The number of pyridine rings is 1. The highest BCUT2D eigenvalue weighted by molar-refractivity contribution is 5.46. The van der Waals surface area contributed by atoms with E-state index in [1.165, 1.54) is 5.69 Å². The van der Waals surface area contributed by atoms with Crippen LogP contribution in [0.3, 0.4) is 0 Å². The molecule has 1 aromatic heterocycles. The van der Waals surface area contributed by atoms with E-state index in [1.807, 2.05) is 18.3 Å². The van der Waals surface area contributed by atoms with Crippen LogP contribution in [0, 0.1) is 0 Å². The first kappa shape index (κ1) is 12.7. The van der Waals surface area contributed by atoms with Gasteiger partial charge in [-0.15, -0.1) is 6.58 Å². The third-order valence-electron chi connectivity index (χ3n) is 2.34. The highest BCUT2D eigenvalue weighted by atomic mass is 15.1. The van der Waals surface area contributed by atoms with Gasteiger partial charge in [0.25, 0.3) is 0 Å². The first-order valence-electron chi connectivity index (χ1n) is 5.64. The van der Waals surface area contributed by atoms with E-state index in [-0.39, 0.29) is 0 Å². The van der Waals surface area contributed by atoms with Crippen molar-refractivity contribution in [2.24, 2.45) is 0 Å². The van der Waals surface area contributed by atoms with Crippen LogP contribution in [-0.4, -0.2) is 24.6 Å². The van der Waals surface area contributed by atoms with Gasteiger partial charge in [-0.1, -0.05) is 19.9 Å². The minimum Gasteiger partial charge on any atom is -0.371 e. The lowest BCUT2D eigenvalue weighted by molar-refractivity contribution is 0.581. The lowest BCUT2D eigenvalue weighted by Crippen LogP contribution is -2.23. The molecule has 0 unspecified atom stereocenters. The summed E-state index contributed by atoms with van der Waals surface area (Å²) < 4.78 is 0. The third-order valence-corrected chi connectivity index (χ3v) is 2.34. The van der Waals surface area contributed by atoms with Crippen molar-refractivity contribution in [2.75, 3.05) is 18.5 Å². The van der Waals surface area contributed by atoms with Gasteiger partial charge >= 0.3 is 0 Å². The summed E-state index contributed by atoms with van der Waals surface area (Å²) in [7, 11) is 2.05. The number of likely N-dealkylation sites (N-methyl/N-ethyl adjacent to an activating group) is 1. The van der Waals surface area contributed by atoms with E-state index >= 15 is 0 Å². The van der Waals surface area contributed by atoms with E-state index < -0.39 is 0 Å². The first-order chi connectivity index (χ1) is 7.63. The molecule has 0 fully saturated rings. The molecule has 0 aliphatic heterocycles. The van der Waals surface area contributed by atoms with Gasteiger partial charge in [0, 0.05) is 38.1 Å². The van der Waals surface area contributed by atoms with Crippen LogP contribution in [0.5, 0.6) is 0 Å². The molecule has 0 spiro atoms. The Labute approximate surface area is 98.2 Å². The van der Waals surface area contributed by atoms with Crippen molar-refractivity contribution in [2.45, 2.75) is 26.4 Å². The Morgan fingerprint density at radius 1 is 1.56 bits per heavy atom. The fourth-order valence-electron chi connectivity index (χ4n) is 1.41. The van der Waals surface area contributed by atoms with Crippen LogP contribution in [0.4, 0.5) is 5.69 Å². The molecule has 1 N–H and O–H groups in total. The van der Waals surface area contributed by atoms with Gasteiger partial charge < -0.3 is 10.2 Å². The Morgan fingerprint density at radius 2 is 2.31 bits per heavy atom. The Hall–Kier alpha value is -1.35. The van der Waals surface area contributed by atoms with E-state index in [0.717, 1.165) is 18.8 Å². The molecule has 0 aliphatic carbocycles. The van der Waals surface area contributed by atoms with Gasteiger partial charge in [0.05, 0.1) is 5.69 Å². The average molecular weight is 219 g/mol. The van der Waals surface area contributed by atoms with Crippen LogP contribution >= 0.6 is 0 Å². The average Bonchev–Trinajstić information content (AvgIpc) is 2.27. The largest absolute Gasteiger partial charge is 0.371 e. The minimum absolute atomic E-state index is 0.483. The zero-order chi connectivity index (χ0) is 12.0. The molecule has 0 saturated carbocycles. The maximum Gasteiger partial charge on any atom is 0.0562 e. The maximum absolute atomic E-state index is 4.34. The summed E-state index contributed by atoms with van der Waals surface area (Å²) in [4.78, 5) is 6.49. The normalized spacial score (nSPS) is 10.5. The lowest BCUT2D eigenvalue weighted by atomic mass is 10.2. The second-order valence-corrected chi connectivity index (χ2v) is 4.21. The van der Waals surface area contributed by atoms with Crippen LogP contribution in [0.15, 0.2) is 31.0 Å². The van der Waals surface area contributed by atoms with Crippen molar-refractivity contribution in [3.63, 3.8) is 0 Å². The van der Waals surface area contributed by atoms with Crippen molar-refractivity contribution in [1.82, 2.24) is 10.3 Å². The minimum atomic E-state index is 0.483. The second kappa shape index (κ2) is 6.28. The molecular formula is C13H21N3. The Kier molecular flexibility index (Phi) is 4.99. The van der Waals surface area contributed by atoms with Crippen LogP contribution in [0.1, 0.15) is 19.5 Å². The van der Waals surface area contributed by atoms with Crippen molar-refractivity contribution in [3.8, 4) is 0 Å². The van der Waals surface area contributed by atoms with Crippen LogP contribution in [-0.2, 0) is 6.54 Å². The van der Waals surface area contributed by atoms with Gasteiger partial charge in [-0.25, -0.2) is 0 Å². The molecule has 1 rings (SSSR count). The van der Waals surface area contributed by atoms with Crippen molar-refractivity contribution in [3.05, 3.63) is 36.7 Å². The molecule has 0 saturated heterocycles. The Bertz CT molecular complexity index is 334. The predicted molar refractivity (Wildman–Crippen MR) is 69.7 cm³/mol. The topological polar surface area (TPSA) is 28.2 Å². The van der Waals surface area contributed by atoms with Crippen molar-refractivity contribution >= 4 is 5.69 Å². The molecule has 1 aromatic rings.